The standard InChI is InChI=1S/C12H15N3O3/c13-8-12(2-5-16-6-3-12)11-14-10(15-18-11)9-1-4-17-7-9/h1,4,7H,2-3,5-6,8,13H2. The first-order valence-corrected chi connectivity index (χ1v) is 5.99. The summed E-state index contributed by atoms with van der Waals surface area (Å²) in [6.07, 6.45) is 4.80. The van der Waals surface area contributed by atoms with Crippen LogP contribution in [0.5, 0.6) is 0 Å². The number of furan rings is 1. The lowest BCUT2D eigenvalue weighted by Gasteiger charge is -2.32. The Labute approximate surface area is 104 Å². The molecule has 0 aliphatic carbocycles. The van der Waals surface area contributed by atoms with Gasteiger partial charge in [0.25, 0.3) is 0 Å². The number of aromatic nitrogens is 2. The number of hydrogen-bond donors (Lipinski definition) is 1. The summed E-state index contributed by atoms with van der Waals surface area (Å²) in [5.74, 6) is 1.14. The Kier molecular flexibility index (Phi) is 2.89. The Hall–Kier alpha value is -1.66. The molecule has 0 amide bonds. The summed E-state index contributed by atoms with van der Waals surface area (Å²) in [7, 11) is 0. The van der Waals surface area contributed by atoms with Crippen LogP contribution < -0.4 is 5.73 Å². The van der Waals surface area contributed by atoms with Crippen molar-refractivity contribution < 1.29 is 13.7 Å². The average molecular weight is 249 g/mol. The highest BCUT2D eigenvalue weighted by molar-refractivity contribution is 5.51. The lowest BCUT2D eigenvalue weighted by Crippen LogP contribution is -2.40. The molecule has 0 spiro atoms. The highest BCUT2D eigenvalue weighted by Gasteiger charge is 2.38. The third kappa shape index (κ3) is 1.83. The van der Waals surface area contributed by atoms with E-state index >= 15 is 0 Å². The highest BCUT2D eigenvalue weighted by atomic mass is 16.5. The first-order valence-electron chi connectivity index (χ1n) is 5.99. The summed E-state index contributed by atoms with van der Waals surface area (Å²) in [6.45, 7) is 1.85. The predicted molar refractivity (Wildman–Crippen MR) is 62.8 cm³/mol. The molecule has 0 bridgehead atoms. The number of hydrogen-bond acceptors (Lipinski definition) is 6. The third-order valence-electron chi connectivity index (χ3n) is 3.50. The maximum Gasteiger partial charge on any atom is 0.234 e. The van der Waals surface area contributed by atoms with E-state index < -0.39 is 0 Å². The van der Waals surface area contributed by atoms with Crippen LogP contribution >= 0.6 is 0 Å². The zero-order valence-corrected chi connectivity index (χ0v) is 9.96. The summed E-state index contributed by atoms with van der Waals surface area (Å²) >= 11 is 0. The van der Waals surface area contributed by atoms with Crippen LogP contribution in [-0.4, -0.2) is 29.9 Å². The van der Waals surface area contributed by atoms with Crippen molar-refractivity contribution in [1.29, 1.82) is 0 Å². The lowest BCUT2D eigenvalue weighted by molar-refractivity contribution is 0.0409. The molecule has 18 heavy (non-hydrogen) atoms. The molecule has 0 atom stereocenters. The van der Waals surface area contributed by atoms with Gasteiger partial charge in [-0.25, -0.2) is 0 Å². The molecule has 2 aromatic heterocycles. The van der Waals surface area contributed by atoms with Crippen molar-refractivity contribution in [3.8, 4) is 11.4 Å². The van der Waals surface area contributed by atoms with E-state index in [-0.39, 0.29) is 5.41 Å². The third-order valence-corrected chi connectivity index (χ3v) is 3.50. The van der Waals surface area contributed by atoms with Gasteiger partial charge >= 0.3 is 0 Å². The summed E-state index contributed by atoms with van der Waals surface area (Å²) in [4.78, 5) is 4.45. The van der Waals surface area contributed by atoms with E-state index in [1.807, 2.05) is 0 Å². The molecule has 2 aromatic rings. The maximum atomic E-state index is 5.90. The molecule has 6 heteroatoms. The molecule has 3 heterocycles. The quantitative estimate of drug-likeness (QED) is 0.883. The van der Waals surface area contributed by atoms with E-state index in [1.54, 1.807) is 18.6 Å². The first kappa shape index (κ1) is 11.4. The van der Waals surface area contributed by atoms with Crippen LogP contribution in [0.4, 0.5) is 0 Å². The van der Waals surface area contributed by atoms with E-state index in [9.17, 15) is 0 Å². The minimum atomic E-state index is -0.243. The molecule has 1 fully saturated rings. The molecule has 0 unspecified atom stereocenters. The van der Waals surface area contributed by atoms with Gasteiger partial charge in [-0.1, -0.05) is 5.16 Å². The average Bonchev–Trinajstić information content (AvgIpc) is 3.10. The molecule has 0 radical (unpaired) electrons. The van der Waals surface area contributed by atoms with Gasteiger partial charge in [0.2, 0.25) is 11.7 Å². The molecule has 3 rings (SSSR count). The van der Waals surface area contributed by atoms with Crippen molar-refractivity contribution in [3.63, 3.8) is 0 Å². The van der Waals surface area contributed by atoms with Crippen LogP contribution in [0.25, 0.3) is 11.4 Å². The van der Waals surface area contributed by atoms with Gasteiger partial charge in [0, 0.05) is 19.8 Å². The van der Waals surface area contributed by atoms with Crippen LogP contribution in [0.2, 0.25) is 0 Å². The van der Waals surface area contributed by atoms with Crippen molar-refractivity contribution in [2.75, 3.05) is 19.8 Å². The number of ether oxygens (including phenoxy) is 1. The smallest absolute Gasteiger partial charge is 0.234 e. The largest absolute Gasteiger partial charge is 0.472 e. The maximum absolute atomic E-state index is 5.90. The second-order valence-electron chi connectivity index (χ2n) is 4.53. The molecule has 2 N–H and O–H groups in total. The minimum Gasteiger partial charge on any atom is -0.472 e. The summed E-state index contributed by atoms with van der Waals surface area (Å²) < 4.78 is 15.8. The molecular formula is C12H15N3O3. The molecule has 1 aliphatic rings. The van der Waals surface area contributed by atoms with Crippen molar-refractivity contribution in [3.05, 3.63) is 24.5 Å². The molecule has 6 nitrogen and oxygen atoms in total. The monoisotopic (exact) mass is 249 g/mol. The predicted octanol–water partition coefficient (Wildman–Crippen LogP) is 1.34. The summed E-state index contributed by atoms with van der Waals surface area (Å²) in [6, 6.07) is 1.80. The number of rotatable bonds is 3. The second-order valence-corrected chi connectivity index (χ2v) is 4.53. The number of nitrogens with zero attached hydrogens (tertiary/aromatic N) is 2. The van der Waals surface area contributed by atoms with E-state index in [0.717, 1.165) is 18.4 Å². The Morgan fingerprint density at radius 1 is 1.33 bits per heavy atom. The zero-order valence-electron chi connectivity index (χ0n) is 9.96. The fourth-order valence-electron chi connectivity index (χ4n) is 2.22. The van der Waals surface area contributed by atoms with Crippen molar-refractivity contribution in [2.45, 2.75) is 18.3 Å². The van der Waals surface area contributed by atoms with E-state index in [4.69, 9.17) is 19.4 Å². The van der Waals surface area contributed by atoms with Gasteiger partial charge in [-0.3, -0.25) is 0 Å². The van der Waals surface area contributed by atoms with Crippen molar-refractivity contribution in [2.24, 2.45) is 5.73 Å². The Balaban J connectivity index is 1.92. The van der Waals surface area contributed by atoms with E-state index in [2.05, 4.69) is 10.1 Å². The van der Waals surface area contributed by atoms with Crippen LogP contribution in [-0.2, 0) is 10.2 Å². The SMILES string of the molecule is NCC1(c2nc(-c3ccoc3)no2)CCOCC1. The van der Waals surface area contributed by atoms with Gasteiger partial charge < -0.3 is 19.4 Å². The molecule has 1 saturated heterocycles. The fourth-order valence-corrected chi connectivity index (χ4v) is 2.22. The lowest BCUT2D eigenvalue weighted by atomic mass is 9.80. The van der Waals surface area contributed by atoms with E-state index in [0.29, 0.717) is 31.5 Å². The van der Waals surface area contributed by atoms with Crippen LogP contribution in [0.15, 0.2) is 27.5 Å². The summed E-state index contributed by atoms with van der Waals surface area (Å²) in [5.41, 5.74) is 6.46. The van der Waals surface area contributed by atoms with Gasteiger partial charge in [0.05, 0.1) is 17.2 Å². The van der Waals surface area contributed by atoms with Crippen molar-refractivity contribution in [1.82, 2.24) is 10.1 Å². The second kappa shape index (κ2) is 4.55. The zero-order chi connectivity index (χ0) is 12.4. The molecule has 96 valence electrons. The Morgan fingerprint density at radius 3 is 2.83 bits per heavy atom. The Bertz CT molecular complexity index is 500. The van der Waals surface area contributed by atoms with Crippen LogP contribution in [0, 0.1) is 0 Å². The van der Waals surface area contributed by atoms with Gasteiger partial charge in [0.15, 0.2) is 0 Å². The topological polar surface area (TPSA) is 87.3 Å². The molecule has 0 saturated carbocycles. The molecule has 0 aromatic carbocycles. The number of nitrogens with two attached hydrogens (primary N) is 1. The fraction of sp³-hybridized carbons (Fsp3) is 0.500. The molecular weight excluding hydrogens is 234 g/mol. The van der Waals surface area contributed by atoms with Gasteiger partial charge in [-0.05, 0) is 18.9 Å². The summed E-state index contributed by atoms with van der Waals surface area (Å²) in [5, 5.41) is 3.98. The first-order chi connectivity index (χ1) is 8.84. The van der Waals surface area contributed by atoms with Crippen molar-refractivity contribution >= 4 is 0 Å². The molecule has 1 aliphatic heterocycles. The van der Waals surface area contributed by atoms with Gasteiger partial charge in [0.1, 0.15) is 6.26 Å². The van der Waals surface area contributed by atoms with Gasteiger partial charge in [-0.15, -0.1) is 0 Å². The highest BCUT2D eigenvalue weighted by Crippen LogP contribution is 2.33. The van der Waals surface area contributed by atoms with E-state index in [1.165, 1.54) is 0 Å². The minimum absolute atomic E-state index is 0.243. The van der Waals surface area contributed by atoms with Gasteiger partial charge in [-0.2, -0.15) is 4.98 Å². The normalized spacial score (nSPS) is 18.9. The Morgan fingerprint density at radius 2 is 2.17 bits per heavy atom. The van der Waals surface area contributed by atoms with Crippen LogP contribution in [0.1, 0.15) is 18.7 Å². The van der Waals surface area contributed by atoms with Crippen LogP contribution in [0.3, 0.4) is 0 Å².